The Bertz CT molecular complexity index is 291. The molecule has 78 valence electrons. The minimum Gasteiger partial charge on any atom is -0.508 e. The summed E-state index contributed by atoms with van der Waals surface area (Å²) in [7, 11) is 3.92. The zero-order valence-corrected chi connectivity index (χ0v) is 8.99. The van der Waals surface area contributed by atoms with E-state index < -0.39 is 0 Å². The Balaban J connectivity index is 2.74. The zero-order chi connectivity index (χ0) is 10.8. The molecule has 3 N–H and O–H groups in total. The third kappa shape index (κ3) is 2.72. The molecule has 1 rings (SSSR count). The third-order valence-electron chi connectivity index (χ3n) is 2.52. The van der Waals surface area contributed by atoms with Crippen molar-refractivity contribution in [2.75, 3.05) is 14.1 Å². The van der Waals surface area contributed by atoms with E-state index in [-0.39, 0.29) is 11.4 Å². The molecule has 0 aliphatic carbocycles. The molecular formula is C11H18N2O. The summed E-state index contributed by atoms with van der Waals surface area (Å²) in [5.74, 6) is 0.289. The molecule has 0 heterocycles. The van der Waals surface area contributed by atoms with Crippen molar-refractivity contribution in [2.45, 2.75) is 19.0 Å². The van der Waals surface area contributed by atoms with Gasteiger partial charge in [-0.1, -0.05) is 12.1 Å². The van der Waals surface area contributed by atoms with Crippen LogP contribution in [-0.4, -0.2) is 29.8 Å². The number of benzene rings is 1. The predicted molar refractivity (Wildman–Crippen MR) is 58.1 cm³/mol. The van der Waals surface area contributed by atoms with Gasteiger partial charge in [-0.15, -0.1) is 0 Å². The molecule has 0 saturated carbocycles. The van der Waals surface area contributed by atoms with Gasteiger partial charge in [0, 0.05) is 6.42 Å². The van der Waals surface area contributed by atoms with Crippen LogP contribution in [0.4, 0.5) is 0 Å². The van der Waals surface area contributed by atoms with Crippen molar-refractivity contribution in [1.82, 2.24) is 4.90 Å². The highest BCUT2D eigenvalue weighted by molar-refractivity contribution is 5.26. The fraction of sp³-hybridized carbons (Fsp3) is 0.455. The monoisotopic (exact) mass is 194 g/mol. The van der Waals surface area contributed by atoms with Crippen molar-refractivity contribution in [2.24, 2.45) is 5.73 Å². The molecule has 0 radical (unpaired) electrons. The van der Waals surface area contributed by atoms with E-state index in [1.807, 2.05) is 38.1 Å². The lowest BCUT2D eigenvalue weighted by molar-refractivity contribution is 0.180. The smallest absolute Gasteiger partial charge is 0.115 e. The molecule has 0 saturated heterocycles. The van der Waals surface area contributed by atoms with Crippen LogP contribution in [0.25, 0.3) is 0 Å². The van der Waals surface area contributed by atoms with Gasteiger partial charge in [0.1, 0.15) is 5.75 Å². The Hall–Kier alpha value is -1.06. The van der Waals surface area contributed by atoms with Crippen LogP contribution >= 0.6 is 0 Å². The van der Waals surface area contributed by atoms with Gasteiger partial charge >= 0.3 is 0 Å². The molecule has 3 nitrogen and oxygen atoms in total. The zero-order valence-electron chi connectivity index (χ0n) is 8.99. The average molecular weight is 194 g/mol. The van der Waals surface area contributed by atoms with Crippen LogP contribution in [0.15, 0.2) is 24.3 Å². The van der Waals surface area contributed by atoms with Gasteiger partial charge in [0.05, 0.1) is 5.66 Å². The molecule has 1 aromatic carbocycles. The summed E-state index contributed by atoms with van der Waals surface area (Å²) in [4.78, 5) is 1.99. The Morgan fingerprint density at radius 1 is 1.29 bits per heavy atom. The van der Waals surface area contributed by atoms with Gasteiger partial charge in [0.15, 0.2) is 0 Å². The van der Waals surface area contributed by atoms with Crippen LogP contribution in [0, 0.1) is 0 Å². The number of nitrogens with two attached hydrogens (primary N) is 1. The molecule has 0 amide bonds. The van der Waals surface area contributed by atoms with E-state index in [0.29, 0.717) is 0 Å². The van der Waals surface area contributed by atoms with E-state index in [2.05, 4.69) is 0 Å². The van der Waals surface area contributed by atoms with E-state index in [0.717, 1.165) is 12.0 Å². The summed E-state index contributed by atoms with van der Waals surface area (Å²) >= 11 is 0. The van der Waals surface area contributed by atoms with Gasteiger partial charge in [-0.05, 0) is 38.7 Å². The maximum atomic E-state index is 9.12. The van der Waals surface area contributed by atoms with Crippen LogP contribution in [0.1, 0.15) is 12.5 Å². The Kier molecular flexibility index (Phi) is 3.13. The highest BCUT2D eigenvalue weighted by Crippen LogP contribution is 2.15. The number of phenols is 1. The molecule has 14 heavy (non-hydrogen) atoms. The molecule has 0 bridgehead atoms. The summed E-state index contributed by atoms with van der Waals surface area (Å²) in [5, 5.41) is 9.12. The SMILES string of the molecule is CN(C)C(C)(N)Cc1ccc(O)cc1. The number of nitrogens with zero attached hydrogens (tertiary/aromatic N) is 1. The molecule has 0 aliphatic rings. The Morgan fingerprint density at radius 3 is 2.21 bits per heavy atom. The number of hydrogen-bond acceptors (Lipinski definition) is 3. The first-order valence-corrected chi connectivity index (χ1v) is 4.66. The second-order valence-corrected chi connectivity index (χ2v) is 4.09. The van der Waals surface area contributed by atoms with Gasteiger partial charge < -0.3 is 10.8 Å². The van der Waals surface area contributed by atoms with Crippen molar-refractivity contribution < 1.29 is 5.11 Å². The van der Waals surface area contributed by atoms with Crippen molar-refractivity contribution in [3.8, 4) is 5.75 Å². The second-order valence-electron chi connectivity index (χ2n) is 4.09. The van der Waals surface area contributed by atoms with Gasteiger partial charge in [0.25, 0.3) is 0 Å². The van der Waals surface area contributed by atoms with Crippen LogP contribution in [0.5, 0.6) is 5.75 Å². The normalized spacial score (nSPS) is 15.5. The summed E-state index contributed by atoms with van der Waals surface area (Å²) in [5.41, 5.74) is 6.87. The third-order valence-corrected chi connectivity index (χ3v) is 2.52. The van der Waals surface area contributed by atoms with E-state index in [1.165, 1.54) is 0 Å². The quantitative estimate of drug-likeness (QED) is 0.710. The largest absolute Gasteiger partial charge is 0.508 e. The number of aromatic hydroxyl groups is 1. The van der Waals surface area contributed by atoms with Crippen LogP contribution in [-0.2, 0) is 6.42 Å². The van der Waals surface area contributed by atoms with Gasteiger partial charge in [-0.25, -0.2) is 0 Å². The lowest BCUT2D eigenvalue weighted by atomic mass is 10.0. The second kappa shape index (κ2) is 3.98. The van der Waals surface area contributed by atoms with E-state index in [9.17, 15) is 0 Å². The van der Waals surface area contributed by atoms with Crippen molar-refractivity contribution in [1.29, 1.82) is 0 Å². The highest BCUT2D eigenvalue weighted by Gasteiger charge is 2.21. The fourth-order valence-electron chi connectivity index (χ4n) is 1.19. The molecule has 1 unspecified atom stereocenters. The molecule has 1 aromatic rings. The molecule has 0 aromatic heterocycles. The van der Waals surface area contributed by atoms with Crippen LogP contribution < -0.4 is 5.73 Å². The average Bonchev–Trinajstić information content (AvgIpc) is 2.08. The van der Waals surface area contributed by atoms with Gasteiger partial charge in [-0.2, -0.15) is 0 Å². The number of rotatable bonds is 3. The van der Waals surface area contributed by atoms with Crippen molar-refractivity contribution in [3.63, 3.8) is 0 Å². The summed E-state index contributed by atoms with van der Waals surface area (Å²) in [6.07, 6.45) is 0.764. The van der Waals surface area contributed by atoms with E-state index in [1.54, 1.807) is 12.1 Å². The molecule has 0 aliphatic heterocycles. The lowest BCUT2D eigenvalue weighted by Gasteiger charge is -2.32. The predicted octanol–water partition coefficient (Wildman–Crippen LogP) is 1.17. The van der Waals surface area contributed by atoms with Crippen LogP contribution in [0.3, 0.4) is 0 Å². The highest BCUT2D eigenvalue weighted by atomic mass is 16.3. The summed E-state index contributed by atoms with van der Waals surface area (Å²) < 4.78 is 0. The number of phenolic OH excluding ortho intramolecular Hbond substituents is 1. The number of hydrogen-bond donors (Lipinski definition) is 2. The van der Waals surface area contributed by atoms with E-state index >= 15 is 0 Å². The maximum absolute atomic E-state index is 9.12. The van der Waals surface area contributed by atoms with Crippen LogP contribution in [0.2, 0.25) is 0 Å². The Morgan fingerprint density at radius 2 is 1.79 bits per heavy atom. The lowest BCUT2D eigenvalue weighted by Crippen LogP contribution is -2.51. The first kappa shape index (κ1) is 11.0. The fourth-order valence-corrected chi connectivity index (χ4v) is 1.19. The summed E-state index contributed by atoms with van der Waals surface area (Å²) in [6.45, 7) is 1.99. The first-order chi connectivity index (χ1) is 6.42. The molecule has 0 fully saturated rings. The standard InChI is InChI=1S/C11H18N2O/c1-11(12,13(2)3)8-9-4-6-10(14)7-5-9/h4-7,14H,8,12H2,1-3H3. The molecule has 1 atom stereocenters. The van der Waals surface area contributed by atoms with Gasteiger partial charge in [-0.3, -0.25) is 4.90 Å². The minimum absolute atomic E-state index is 0.289. The molecule has 0 spiro atoms. The molecular weight excluding hydrogens is 176 g/mol. The van der Waals surface area contributed by atoms with Crippen molar-refractivity contribution in [3.05, 3.63) is 29.8 Å². The molecule has 3 heteroatoms. The first-order valence-electron chi connectivity index (χ1n) is 4.66. The number of likely N-dealkylation sites (N-methyl/N-ethyl adjacent to an activating group) is 1. The Labute approximate surface area is 85.2 Å². The van der Waals surface area contributed by atoms with Crippen molar-refractivity contribution >= 4 is 0 Å². The summed E-state index contributed by atoms with van der Waals surface area (Å²) in [6, 6.07) is 7.15. The topological polar surface area (TPSA) is 49.5 Å². The minimum atomic E-state index is -0.350. The van der Waals surface area contributed by atoms with E-state index in [4.69, 9.17) is 10.8 Å². The maximum Gasteiger partial charge on any atom is 0.115 e. The van der Waals surface area contributed by atoms with Gasteiger partial charge in [0.2, 0.25) is 0 Å².